The van der Waals surface area contributed by atoms with Gasteiger partial charge in [0.25, 0.3) is 5.91 Å². The quantitative estimate of drug-likeness (QED) is 0.441. The van der Waals surface area contributed by atoms with E-state index in [1.807, 2.05) is 32.9 Å². The number of carbonyl (C=O) groups is 1. The summed E-state index contributed by atoms with van der Waals surface area (Å²) in [4.78, 5) is 11.1. The van der Waals surface area contributed by atoms with Crippen molar-refractivity contribution in [3.8, 4) is 0 Å². The first kappa shape index (κ1) is 11.2. The molecule has 4 nitrogen and oxygen atoms in total. The van der Waals surface area contributed by atoms with E-state index in [0.717, 1.165) is 17.3 Å². The minimum atomic E-state index is -0.444. The zero-order chi connectivity index (χ0) is 11.4. The van der Waals surface area contributed by atoms with Crippen LogP contribution in [-0.2, 0) is 4.79 Å². The molecule has 0 unspecified atom stereocenters. The Kier molecular flexibility index (Phi) is 3.44. The number of oxime groups is 1. The molecule has 0 aliphatic carbocycles. The molecule has 0 bridgehead atoms. The molecule has 0 aliphatic heterocycles. The molecule has 1 aromatic carbocycles. The molecule has 4 heteroatoms. The number of aryl methyl sites for hydroxylation is 2. The maximum absolute atomic E-state index is 11.1. The Morgan fingerprint density at radius 3 is 2.33 bits per heavy atom. The highest BCUT2D eigenvalue weighted by Crippen LogP contribution is 2.18. The van der Waals surface area contributed by atoms with Crippen molar-refractivity contribution in [2.75, 3.05) is 5.32 Å². The van der Waals surface area contributed by atoms with Crippen molar-refractivity contribution in [2.45, 2.75) is 20.8 Å². The topological polar surface area (TPSA) is 61.7 Å². The predicted molar refractivity (Wildman–Crippen MR) is 59.6 cm³/mol. The first-order valence-corrected chi connectivity index (χ1v) is 4.61. The predicted octanol–water partition coefficient (Wildman–Crippen LogP) is 2.01. The van der Waals surface area contributed by atoms with Gasteiger partial charge in [-0.3, -0.25) is 4.79 Å². The van der Waals surface area contributed by atoms with Crippen molar-refractivity contribution in [3.63, 3.8) is 0 Å². The van der Waals surface area contributed by atoms with Gasteiger partial charge in [-0.2, -0.15) is 0 Å². The SMILES string of the molecule is Cc1cc(NC(=O)/C=N\O)cc(C)c1C. The maximum Gasteiger partial charge on any atom is 0.270 e. The average molecular weight is 206 g/mol. The van der Waals surface area contributed by atoms with E-state index in [0.29, 0.717) is 5.69 Å². The lowest BCUT2D eigenvalue weighted by molar-refractivity contribution is -0.110. The summed E-state index contributed by atoms with van der Waals surface area (Å²) < 4.78 is 0. The van der Waals surface area contributed by atoms with Crippen LogP contribution in [-0.4, -0.2) is 17.3 Å². The number of benzene rings is 1. The summed E-state index contributed by atoms with van der Waals surface area (Å²) in [6.07, 6.45) is 0.824. The van der Waals surface area contributed by atoms with E-state index in [1.165, 1.54) is 5.56 Å². The Balaban J connectivity index is 2.92. The monoisotopic (exact) mass is 206 g/mol. The Labute approximate surface area is 88.6 Å². The van der Waals surface area contributed by atoms with Crippen LogP contribution in [0.3, 0.4) is 0 Å². The summed E-state index contributed by atoms with van der Waals surface area (Å²) in [6.45, 7) is 6.00. The van der Waals surface area contributed by atoms with Crippen LogP contribution in [0.15, 0.2) is 17.3 Å². The molecular weight excluding hydrogens is 192 g/mol. The van der Waals surface area contributed by atoms with Crippen molar-refractivity contribution in [1.29, 1.82) is 0 Å². The second kappa shape index (κ2) is 4.59. The van der Waals surface area contributed by atoms with Crippen LogP contribution in [0.4, 0.5) is 5.69 Å². The lowest BCUT2D eigenvalue weighted by atomic mass is 10.0. The zero-order valence-electron chi connectivity index (χ0n) is 9.03. The number of anilines is 1. The second-order valence-electron chi connectivity index (χ2n) is 3.47. The Morgan fingerprint density at radius 2 is 1.87 bits per heavy atom. The third kappa shape index (κ3) is 2.80. The smallest absolute Gasteiger partial charge is 0.270 e. The average Bonchev–Trinajstić information content (AvgIpc) is 2.14. The van der Waals surface area contributed by atoms with Gasteiger partial charge in [0, 0.05) is 5.69 Å². The fourth-order valence-corrected chi connectivity index (χ4v) is 1.33. The fraction of sp³-hybridized carbons (Fsp3) is 0.273. The third-order valence-electron chi connectivity index (χ3n) is 2.37. The molecule has 0 atom stereocenters. The van der Waals surface area contributed by atoms with Crippen LogP contribution >= 0.6 is 0 Å². The van der Waals surface area contributed by atoms with Crippen LogP contribution in [0.5, 0.6) is 0 Å². The lowest BCUT2D eigenvalue weighted by Gasteiger charge is -2.08. The third-order valence-corrected chi connectivity index (χ3v) is 2.37. The molecule has 0 heterocycles. The largest absolute Gasteiger partial charge is 0.411 e. The number of carbonyl (C=O) groups excluding carboxylic acids is 1. The molecule has 1 aromatic rings. The number of hydrogen-bond acceptors (Lipinski definition) is 3. The summed E-state index contributed by atoms with van der Waals surface area (Å²) in [5, 5.41) is 13.4. The van der Waals surface area contributed by atoms with Gasteiger partial charge in [0.1, 0.15) is 6.21 Å². The van der Waals surface area contributed by atoms with E-state index in [1.54, 1.807) is 0 Å². The molecule has 1 amide bonds. The summed E-state index contributed by atoms with van der Waals surface area (Å²) >= 11 is 0. The van der Waals surface area contributed by atoms with Gasteiger partial charge >= 0.3 is 0 Å². The fourth-order valence-electron chi connectivity index (χ4n) is 1.33. The first-order chi connectivity index (χ1) is 7.04. The molecule has 1 rings (SSSR count). The summed E-state index contributed by atoms with van der Waals surface area (Å²) in [7, 11) is 0. The molecule has 0 fully saturated rings. The molecule has 15 heavy (non-hydrogen) atoms. The van der Waals surface area contributed by atoms with Gasteiger partial charge in [-0.25, -0.2) is 0 Å². The first-order valence-electron chi connectivity index (χ1n) is 4.61. The molecule has 0 aliphatic rings. The van der Waals surface area contributed by atoms with Gasteiger partial charge in [0.2, 0.25) is 0 Å². The van der Waals surface area contributed by atoms with Gasteiger partial charge in [-0.1, -0.05) is 5.16 Å². The summed E-state index contributed by atoms with van der Waals surface area (Å²) in [5.41, 5.74) is 4.15. The van der Waals surface area contributed by atoms with Gasteiger partial charge in [-0.15, -0.1) is 0 Å². The van der Waals surface area contributed by atoms with Gasteiger partial charge in [-0.05, 0) is 49.6 Å². The van der Waals surface area contributed by atoms with Crippen LogP contribution in [0, 0.1) is 20.8 Å². The standard InChI is InChI=1S/C11H14N2O2/c1-7-4-10(5-8(2)9(7)3)13-11(14)6-12-15/h4-6,15H,1-3H3,(H,13,14)/b12-6-. The van der Waals surface area contributed by atoms with E-state index < -0.39 is 5.91 Å². The summed E-state index contributed by atoms with van der Waals surface area (Å²) in [5.74, 6) is -0.444. The molecule has 0 saturated heterocycles. The zero-order valence-corrected chi connectivity index (χ0v) is 9.03. The highest BCUT2D eigenvalue weighted by atomic mass is 16.4. The minimum Gasteiger partial charge on any atom is -0.411 e. The van der Waals surface area contributed by atoms with E-state index in [2.05, 4.69) is 10.5 Å². The van der Waals surface area contributed by atoms with E-state index in [4.69, 9.17) is 5.21 Å². The highest BCUT2D eigenvalue weighted by Gasteiger charge is 2.03. The Bertz CT molecular complexity index is 388. The van der Waals surface area contributed by atoms with Crippen molar-refractivity contribution in [2.24, 2.45) is 5.16 Å². The van der Waals surface area contributed by atoms with Gasteiger partial charge < -0.3 is 10.5 Å². The summed E-state index contributed by atoms with van der Waals surface area (Å²) in [6, 6.07) is 3.76. The molecule has 80 valence electrons. The molecular formula is C11H14N2O2. The van der Waals surface area contributed by atoms with Crippen LogP contribution < -0.4 is 5.32 Å². The Hall–Kier alpha value is -1.84. The Morgan fingerprint density at radius 1 is 1.33 bits per heavy atom. The maximum atomic E-state index is 11.1. The van der Waals surface area contributed by atoms with E-state index >= 15 is 0 Å². The van der Waals surface area contributed by atoms with Crippen molar-refractivity contribution >= 4 is 17.8 Å². The number of nitrogens with zero attached hydrogens (tertiary/aromatic N) is 1. The lowest BCUT2D eigenvalue weighted by Crippen LogP contribution is -2.12. The molecule has 0 radical (unpaired) electrons. The second-order valence-corrected chi connectivity index (χ2v) is 3.47. The number of amides is 1. The van der Waals surface area contributed by atoms with Crippen LogP contribution in [0.25, 0.3) is 0 Å². The van der Waals surface area contributed by atoms with Crippen LogP contribution in [0.2, 0.25) is 0 Å². The van der Waals surface area contributed by atoms with Crippen molar-refractivity contribution in [3.05, 3.63) is 28.8 Å². The minimum absolute atomic E-state index is 0.444. The van der Waals surface area contributed by atoms with E-state index in [-0.39, 0.29) is 0 Å². The van der Waals surface area contributed by atoms with Gasteiger partial charge in [0.15, 0.2) is 0 Å². The molecule has 0 saturated carbocycles. The number of nitrogens with one attached hydrogen (secondary N) is 1. The van der Waals surface area contributed by atoms with Crippen molar-refractivity contribution in [1.82, 2.24) is 0 Å². The number of rotatable bonds is 2. The molecule has 0 aromatic heterocycles. The van der Waals surface area contributed by atoms with E-state index in [9.17, 15) is 4.79 Å². The highest BCUT2D eigenvalue weighted by molar-refractivity contribution is 6.31. The normalized spacial score (nSPS) is 10.6. The van der Waals surface area contributed by atoms with Crippen molar-refractivity contribution < 1.29 is 10.0 Å². The van der Waals surface area contributed by atoms with Crippen LogP contribution in [0.1, 0.15) is 16.7 Å². The molecule has 2 N–H and O–H groups in total. The molecule has 0 spiro atoms. The number of hydrogen-bond donors (Lipinski definition) is 2. The van der Waals surface area contributed by atoms with Gasteiger partial charge in [0.05, 0.1) is 0 Å².